The number of benzene rings is 4. The normalized spacial score (nSPS) is 25.7. The Morgan fingerprint density at radius 3 is 1.21 bits per heavy atom. The van der Waals surface area contributed by atoms with Gasteiger partial charge in [-0.2, -0.15) is 15.8 Å². The number of nitrogens with two attached hydrogens (primary N) is 1. The summed E-state index contributed by atoms with van der Waals surface area (Å²) >= 11 is 0. The number of anilines is 4. The van der Waals surface area contributed by atoms with Crippen LogP contribution in [0.4, 0.5) is 45.6 Å². The van der Waals surface area contributed by atoms with Gasteiger partial charge >= 0.3 is 29.4 Å². The first-order chi connectivity index (χ1) is 66.0. The number of nitriles is 3. The third kappa shape index (κ3) is 21.1. The van der Waals surface area contributed by atoms with Gasteiger partial charge < -0.3 is 60.3 Å². The van der Waals surface area contributed by atoms with Gasteiger partial charge in [0.25, 0.3) is 23.6 Å². The quantitative estimate of drug-likeness (QED) is 0.00685. The predicted molar refractivity (Wildman–Crippen MR) is 461 cm³/mol. The molecule has 704 valence electrons. The van der Waals surface area contributed by atoms with Crippen molar-refractivity contribution >= 4 is 121 Å². The highest BCUT2D eigenvalue weighted by Crippen LogP contribution is 2.55. The highest BCUT2D eigenvalue weighted by atomic mass is 31.2. The lowest BCUT2D eigenvalue weighted by Crippen LogP contribution is -2.47. The summed E-state index contributed by atoms with van der Waals surface area (Å²) in [5, 5.41) is 45.8. The van der Waals surface area contributed by atoms with E-state index in [2.05, 4.69) is 101 Å². The lowest BCUT2D eigenvalue weighted by Gasteiger charge is -2.31. The number of ether oxygens (including phenoxy) is 6. The van der Waals surface area contributed by atoms with Crippen molar-refractivity contribution in [2.45, 2.75) is 118 Å². The summed E-state index contributed by atoms with van der Waals surface area (Å²) in [5.41, 5.74) is 7.68. The minimum atomic E-state index is -4.77. The summed E-state index contributed by atoms with van der Waals surface area (Å²) in [6.07, 6.45) is -17.2. The molecule has 0 saturated carbocycles. The van der Waals surface area contributed by atoms with Crippen LogP contribution in [-0.4, -0.2) is 241 Å². The second kappa shape index (κ2) is 42.7. The number of imidazole rings is 4. The Morgan fingerprint density at radius 1 is 0.485 bits per heavy atom. The van der Waals surface area contributed by atoms with Crippen LogP contribution in [0.1, 0.15) is 85.6 Å². The van der Waals surface area contributed by atoms with Gasteiger partial charge in [-0.1, -0.05) is 72.8 Å². The average molecular weight is 1930 g/mol. The molecular weight excluding hydrogens is 1850 g/mol. The van der Waals surface area contributed by atoms with Crippen LogP contribution in [-0.2, 0) is 69.3 Å². The Labute approximate surface area is 765 Å². The number of amides is 4. The molecule has 3 unspecified atom stereocenters. The highest BCUT2D eigenvalue weighted by Gasteiger charge is 2.57. The van der Waals surface area contributed by atoms with Crippen molar-refractivity contribution in [3.63, 3.8) is 0 Å². The number of rotatable bonds is 30. The maximum Gasteiger partial charge on any atom is 0.508 e. The van der Waals surface area contributed by atoms with Crippen molar-refractivity contribution in [1.82, 2.24) is 93.3 Å². The summed E-state index contributed by atoms with van der Waals surface area (Å²) in [6.45, 7) is 2.62. The van der Waals surface area contributed by atoms with Crippen LogP contribution in [0.15, 0.2) is 172 Å². The first-order valence-corrected chi connectivity index (χ1v) is 46.0. The minimum Gasteiger partial charge on any atom is -0.433 e. The number of carbonyl (C=O) groups is 5. The van der Waals surface area contributed by atoms with Gasteiger partial charge in [0.1, 0.15) is 69.0 Å². The van der Waals surface area contributed by atoms with Crippen molar-refractivity contribution in [1.29, 1.82) is 15.8 Å². The molecule has 0 bridgehead atoms. The molecule has 9 N–H and O–H groups in total. The number of aromatic nitrogens is 16. The van der Waals surface area contributed by atoms with E-state index in [4.69, 9.17) is 73.1 Å². The second-order valence-electron chi connectivity index (χ2n) is 29.9. The summed E-state index contributed by atoms with van der Waals surface area (Å²) in [6, 6.07) is 35.4. The monoisotopic (exact) mass is 1930 g/mol. The molecule has 5 saturated heterocycles. The zero-order valence-corrected chi connectivity index (χ0v) is 73.1. The largest absolute Gasteiger partial charge is 0.508 e. The molecule has 5 fully saturated rings. The maximum absolute atomic E-state index is 17.1. The third-order valence-electron chi connectivity index (χ3n) is 21.3. The number of alkyl halides is 4. The third-order valence-corrected chi connectivity index (χ3v) is 26.2. The van der Waals surface area contributed by atoms with E-state index in [0.29, 0.717) is 22.3 Å². The summed E-state index contributed by atoms with van der Waals surface area (Å²) < 4.78 is 185. The molecule has 0 spiro atoms. The van der Waals surface area contributed by atoms with Gasteiger partial charge in [0.15, 0.2) is 124 Å². The number of carbonyl (C=O) groups excluding carboxylic acids is 5. The van der Waals surface area contributed by atoms with E-state index < -0.39 is 191 Å². The van der Waals surface area contributed by atoms with E-state index in [1.54, 1.807) is 127 Å². The fourth-order valence-electron chi connectivity index (χ4n) is 14.9. The van der Waals surface area contributed by atoms with Crippen molar-refractivity contribution in [2.75, 3.05) is 80.5 Å². The standard InChI is InChI=1S/C41H39F2N14O10P.C40H38F2N14O10P2/c42-27-31(66-41(60)62-15-7-13-44)26(65-39(27)56-21-51-29-33(47-19-49-35(29)56)54-37(58)23-9-3-1-4-10-23)18-53-68(61,63-16-8-14-45)67-32-25(17-46)64-40(28(32)43)57-22-52-30-34(48-20-50-36(30)57)55-38(59)24-11-5-2-6-12-24;1-44-14-16-62-68(60)54-30-25(65-40(28(30)42)56-22-50-32-34(46-20-48-36(32)56)52-38(58)24-11-6-3-7-12-24)17-63-67(59,61-15-8-13-43)53-29-26(18-64-68)66-39(27(29)41)55-21-49-31-33(45-19-47-35(31)55)51-37(57)23-9-4-2-5-10-23/h1-6,9-12,19-22,25-28,31-32,39-40H,7-8,15-18,46H2,(H,53,61)(H,47,49,54,58)(H,48,50,55,59);2-7,9-12,19-22,25-30,39-40H,8,14-18H2,(H,53,59)(H,54,60)(H,45,47,51,57)(H,46,48,52,58)/t25-,26-,27-,28-,31-,32-,39-,40-,68?;25-,26-,27-,28-,29-,30-,39-,40-,67?,68?/m11/s1. The first-order valence-electron chi connectivity index (χ1n) is 41.3. The molecule has 48 nitrogen and oxygen atoms in total. The van der Waals surface area contributed by atoms with Gasteiger partial charge in [0.2, 0.25) is 6.54 Å². The van der Waals surface area contributed by atoms with Crippen LogP contribution >= 0.6 is 23.2 Å². The van der Waals surface area contributed by atoms with E-state index in [1.165, 1.54) is 32.7 Å². The Hall–Kier alpha value is -14.0. The van der Waals surface area contributed by atoms with Crippen molar-refractivity contribution in [3.8, 4) is 18.2 Å². The van der Waals surface area contributed by atoms with E-state index >= 15 is 17.6 Å². The summed E-state index contributed by atoms with van der Waals surface area (Å²) in [4.78, 5) is 119. The van der Waals surface area contributed by atoms with Gasteiger partial charge in [0.05, 0.1) is 101 Å². The van der Waals surface area contributed by atoms with Crippen LogP contribution < -0.4 is 42.3 Å². The van der Waals surface area contributed by atoms with Crippen LogP contribution in [0.2, 0.25) is 0 Å². The number of hydrogen-bond acceptors (Lipinski definition) is 36. The molecule has 12 aromatic rings. The smallest absolute Gasteiger partial charge is 0.433 e. The Morgan fingerprint density at radius 2 is 0.838 bits per heavy atom. The zero-order valence-electron chi connectivity index (χ0n) is 70.4. The van der Waals surface area contributed by atoms with Crippen molar-refractivity contribution in [3.05, 3.63) is 206 Å². The molecule has 0 radical (unpaired) electrons. The number of fused-ring (bicyclic) bond motifs is 6. The van der Waals surface area contributed by atoms with Crippen LogP contribution in [0, 0.1) is 40.6 Å². The van der Waals surface area contributed by atoms with Crippen molar-refractivity contribution in [2.24, 2.45) is 5.73 Å². The molecule has 8 aromatic heterocycles. The fraction of sp³-hybridized carbons (Fsp3) is 0.346. The van der Waals surface area contributed by atoms with Gasteiger partial charge in [-0.3, -0.25) is 64.6 Å². The summed E-state index contributed by atoms with van der Waals surface area (Å²) in [7, 11) is -14.2. The van der Waals surface area contributed by atoms with Crippen LogP contribution in [0.3, 0.4) is 0 Å². The molecule has 0 aliphatic carbocycles. The number of nitrogens with zero attached hydrogens (tertiary/aromatic N) is 20. The molecule has 136 heavy (non-hydrogen) atoms. The Kier molecular flexibility index (Phi) is 29.9. The predicted octanol–water partition coefficient (Wildman–Crippen LogP) is 8.74. The number of hydrogen-bond donors (Lipinski definition) is 8. The number of halogens is 4. The van der Waals surface area contributed by atoms with E-state index in [9.17, 15) is 48.2 Å². The maximum atomic E-state index is 17.1. The number of nitrogens with one attached hydrogen (secondary N) is 7. The molecule has 4 aromatic carbocycles. The minimum absolute atomic E-state index is 0.00305. The molecular formula is C81H77F4N28O20P3. The highest BCUT2D eigenvalue weighted by molar-refractivity contribution is 7.52. The molecule has 5 aliphatic rings. The topological polar surface area (TPSA) is 608 Å². The lowest BCUT2D eigenvalue weighted by atomic mass is 10.1. The van der Waals surface area contributed by atoms with E-state index in [0.717, 1.165) is 36.2 Å². The molecule has 19 atom stereocenters. The van der Waals surface area contributed by atoms with Gasteiger partial charge in [-0.05, 0) is 48.5 Å². The molecule has 13 heterocycles. The van der Waals surface area contributed by atoms with E-state index in [-0.39, 0.29) is 107 Å². The summed E-state index contributed by atoms with van der Waals surface area (Å²) in [5.74, 6) is -1.99. The Balaban J connectivity index is 0.000000197. The first kappa shape index (κ1) is 95.2. The second-order valence-corrected chi connectivity index (χ2v) is 35.2. The van der Waals surface area contributed by atoms with Gasteiger partial charge in [0, 0.05) is 35.3 Å². The van der Waals surface area contributed by atoms with E-state index in [1.807, 2.05) is 12.1 Å². The Bertz CT molecular complexity index is 6450. The van der Waals surface area contributed by atoms with Gasteiger partial charge in [-0.15, -0.1) is 0 Å². The molecule has 4 amide bonds. The average Bonchev–Trinajstić information content (AvgIpc) is 1.62. The molecule has 55 heteroatoms. The lowest BCUT2D eigenvalue weighted by molar-refractivity contribution is -0.0389. The molecule has 17 rings (SSSR count). The van der Waals surface area contributed by atoms with Gasteiger partial charge in [-0.25, -0.2) is 118 Å². The molecule has 5 aliphatic heterocycles. The van der Waals surface area contributed by atoms with Crippen molar-refractivity contribution < 1.29 is 111 Å². The fourth-order valence-corrected chi connectivity index (χ4v) is 19.6. The van der Waals surface area contributed by atoms with Crippen LogP contribution in [0.5, 0.6) is 0 Å². The SMILES string of the molecule is N#CCCOC(=O)O[C@H]1[C@@H](F)[C@H](n2cnc3c(NC(=O)c4ccccc4)ncnc32)O[C@@H]1CNP(=O)(OCCC#N)O[C@H]1[C@@H](F)[C@H](n2cnc3c(NC(=O)c4ccccc4)ncnc32)O[C@@H]1CN.[C-]#[N+]CCOP1(=O)N[C@H]2[C@@H](F)[C@H](n3cnc4c(NC(=O)c5ccccc5)ncnc43)O[C@@H]2COP(=O)(OCCC#N)N[C@H]2[C@@H](F)[C@H](n3cnc4c(NC(=O)c5ccccc5)ncnc43)O[C@@H]2CO1. The van der Waals surface area contributed by atoms with Crippen LogP contribution in [0.25, 0.3) is 49.5 Å². The zero-order chi connectivity index (χ0) is 95.2.